The molecule has 0 radical (unpaired) electrons. The van der Waals surface area contributed by atoms with Gasteiger partial charge in [-0.25, -0.2) is 0 Å². The van der Waals surface area contributed by atoms with Gasteiger partial charge in [0.05, 0.1) is 24.0 Å². The van der Waals surface area contributed by atoms with Crippen molar-refractivity contribution in [3.05, 3.63) is 113 Å². The molecule has 3 unspecified atom stereocenters. The molecule has 143 heavy (non-hydrogen) atoms. The minimum absolute atomic E-state index is 0.176. The lowest BCUT2D eigenvalue weighted by molar-refractivity contribution is -0.121. The minimum atomic E-state index is 0.176. The first kappa shape index (κ1) is 158. The number of furan rings is 1. The van der Waals surface area contributed by atoms with Gasteiger partial charge in [0.15, 0.2) is 0 Å². The fourth-order valence-electron chi connectivity index (χ4n) is 12.7. The van der Waals surface area contributed by atoms with E-state index >= 15 is 0 Å². The Morgan fingerprint density at radius 2 is 0.860 bits per heavy atom. The van der Waals surface area contributed by atoms with Crippen molar-refractivity contribution in [3.8, 4) is 5.75 Å². The van der Waals surface area contributed by atoms with E-state index in [2.05, 4.69) is 400 Å². The van der Waals surface area contributed by atoms with Crippen LogP contribution in [-0.4, -0.2) is 81.1 Å². The third-order valence-electron chi connectivity index (χ3n) is 20.8. The van der Waals surface area contributed by atoms with E-state index in [9.17, 15) is 4.79 Å². The summed E-state index contributed by atoms with van der Waals surface area (Å²) in [6.07, 6.45) is 35.5. The number of unbranched alkanes of at least 4 members (excludes halogenated alkanes) is 5. The van der Waals surface area contributed by atoms with Crippen LogP contribution in [0.3, 0.4) is 0 Å². The highest BCUT2D eigenvalue weighted by Gasteiger charge is 2.36. The van der Waals surface area contributed by atoms with Gasteiger partial charge in [0.25, 0.3) is 0 Å². The average Bonchev–Trinajstić information content (AvgIpc) is 1.70. The molecule has 3 aromatic carbocycles. The fourth-order valence-corrected chi connectivity index (χ4v) is 34.0. The Bertz CT molecular complexity index is 3310. The summed E-state index contributed by atoms with van der Waals surface area (Å²) in [5.41, 5.74) is 7.20. The molecule has 1 saturated heterocycles. The predicted molar refractivity (Wildman–Crippen MR) is 708 cm³/mol. The number of hydrogen-bond acceptors (Lipinski definition) is 19. The van der Waals surface area contributed by atoms with Gasteiger partial charge in [0, 0.05) is 96.9 Å². The topological polar surface area (TPSA) is 51.5 Å². The lowest BCUT2D eigenvalue weighted by Gasteiger charge is -2.27. The van der Waals surface area contributed by atoms with Gasteiger partial charge < -0.3 is 14.5 Å². The summed E-state index contributed by atoms with van der Waals surface area (Å²) in [4.78, 5) is 14.2. The number of carbonyl (C=O) groups excluding carboxylic acids is 1. The molecule has 0 bridgehead atoms. The molecule has 4 nitrogen and oxygen atoms in total. The van der Waals surface area contributed by atoms with Crippen molar-refractivity contribution < 1.29 is 13.9 Å². The molecule has 4 aromatic rings. The smallest absolute Gasteiger partial charge is 0.220 e. The third-order valence-corrected chi connectivity index (χ3v) is 47.1. The van der Waals surface area contributed by atoms with Crippen molar-refractivity contribution in [1.29, 1.82) is 0 Å². The van der Waals surface area contributed by atoms with Crippen LogP contribution in [0, 0.1) is 71.0 Å². The Morgan fingerprint density at radius 1 is 0.434 bits per heavy atom. The zero-order valence-corrected chi connectivity index (χ0v) is 116. The molecule has 3 atom stereocenters. The van der Waals surface area contributed by atoms with Crippen molar-refractivity contribution in [2.75, 3.05) is 23.9 Å². The van der Waals surface area contributed by atoms with Crippen LogP contribution in [-0.2, 0) is 35.6 Å². The van der Waals surface area contributed by atoms with E-state index in [1.807, 2.05) is 185 Å². The van der Waals surface area contributed by atoms with Crippen LogP contribution in [0.4, 0.5) is 0 Å². The first-order valence-corrected chi connectivity index (χ1v) is 75.1. The molecule has 1 N–H and O–H groups in total. The lowest BCUT2D eigenvalue weighted by Crippen LogP contribution is -2.31. The molecular formula is C123H237NO3S16. The lowest BCUT2D eigenvalue weighted by atomic mass is 9.87. The molecule has 20 heteroatoms. The van der Waals surface area contributed by atoms with E-state index in [0.717, 1.165) is 118 Å². The van der Waals surface area contributed by atoms with E-state index in [1.54, 1.807) is 10.8 Å². The minimum Gasteiger partial charge on any atom is -0.492 e. The second-order valence-corrected chi connectivity index (χ2v) is 69.3. The molecule has 1 amide bonds. The van der Waals surface area contributed by atoms with Gasteiger partial charge in [-0.2, -0.15) is 0 Å². The molecule has 0 spiro atoms. The molecule has 2 aliphatic rings. The summed E-state index contributed by atoms with van der Waals surface area (Å²) in [5, 5.41) is 7.01. The highest BCUT2D eigenvalue weighted by molar-refractivity contribution is 8.79. The van der Waals surface area contributed by atoms with Crippen molar-refractivity contribution in [2.24, 2.45) is 71.0 Å². The van der Waals surface area contributed by atoms with Crippen molar-refractivity contribution in [1.82, 2.24) is 5.32 Å². The summed E-state index contributed by atoms with van der Waals surface area (Å²) in [6.45, 7) is 107. The van der Waals surface area contributed by atoms with E-state index < -0.39 is 0 Å². The quantitative estimate of drug-likeness (QED) is 0.0337. The van der Waals surface area contributed by atoms with Crippen LogP contribution in [0.25, 0.3) is 0 Å². The maximum absolute atomic E-state index is 11.7. The number of hydrogen-bond donors (Lipinski definition) is 1. The van der Waals surface area contributed by atoms with Gasteiger partial charge in [-0.15, -0.1) is 0 Å². The molecule has 848 valence electrons. The Morgan fingerprint density at radius 3 is 1.32 bits per heavy atom. The highest BCUT2D eigenvalue weighted by atomic mass is 33.1. The summed E-state index contributed by atoms with van der Waals surface area (Å²) in [6, 6.07) is 26.4. The third kappa shape index (κ3) is 109. The summed E-state index contributed by atoms with van der Waals surface area (Å²) >= 11 is 0. The monoisotopic (exact) mass is 2290 g/mol. The van der Waals surface area contributed by atoms with Gasteiger partial charge in [0.1, 0.15) is 5.75 Å². The Balaban J connectivity index is -0.000000291. The van der Waals surface area contributed by atoms with Gasteiger partial charge in [-0.1, -0.05) is 589 Å². The summed E-state index contributed by atoms with van der Waals surface area (Å²) in [5.74, 6) is 17.0. The molecule has 1 aromatic heterocycles. The van der Waals surface area contributed by atoms with Crippen molar-refractivity contribution in [3.63, 3.8) is 0 Å². The van der Waals surface area contributed by atoms with Crippen LogP contribution in [0.2, 0.25) is 0 Å². The standard InChI is InChI=1S/C16H33NOS2.C15H24S2.C15H32S2.C14H22OS2.C13H22OS2.C13H20S2.C13H26S2.C12H24S2.C4H10.4C2H6/c1-13(2)9-7-8-12-19-20-16(5,6)11-10-15(18)17-14(3)4;1-12(2)10-13-8-6-7-9-14(13)11-16-17-15(3,4)5;1-13(2)11-9-7-8-10-12-16-17-15(5,6)14(3)4;1-11(2)9-10-15-13-7-5-6-8-14(13)17-16-12(3)4;1-10(2)6-11-7-14-8-12(11)9-15-16-13(3,4)5;1-10(2)9-12-5-7-13(8-6-12)15-14-11(3)4;1-12(2)8-6-7-11-14-15-13-9-4-3-5-10-13;1-8(2)6-7-11-10(5)13-14-12(11)9(3)4;1-4(2)3;4*1-2/h13-14H,7-12H2,1-6H3,(H,17,18);6-9,12H,10-11H2,1-5H3;13-14H,7-12H2,1-6H3;5-8,11-12H,9-10H2,1-4H3;7-8,10H,6,9H2,1-5H3;5-8,10-11H,9H2,1-4H3;12-13H,3-11H2,1-2H3;8-12H,6-7H2,1-5H3;4H,1-3H3;4*1-2H3. The Kier molecular flexibility index (Phi) is 112. The predicted octanol–water partition coefficient (Wildman–Crippen LogP) is 48.8. The van der Waals surface area contributed by atoms with Crippen LogP contribution >= 0.6 is 173 Å². The van der Waals surface area contributed by atoms with Crippen molar-refractivity contribution in [2.45, 2.75) is 559 Å². The highest BCUT2D eigenvalue weighted by Crippen LogP contribution is 2.52. The SMILES string of the molecule is CC.CC.CC.CC.CC(C)C.CC(C)CCC1C(C)SSC1C(C)C.CC(C)CCCCCCSSC(C)(C)C(C)C.CC(C)CCCCSSC(C)(C)CCC(=O)NC(C)C.CC(C)CCCCSSC1CCCCC1.CC(C)CCOc1ccccc1SSC(C)C.CC(C)Cc1ccc(SSC(C)C)cc1.CC(C)Cc1ccccc1CSSC(C)(C)C.CC(C)Cc1cocc1CSSC(C)(C)C. The first-order valence-electron chi connectivity index (χ1n) is 56.8. The van der Waals surface area contributed by atoms with E-state index in [0.29, 0.717) is 43.0 Å². The Hall–Kier alpha value is 1.81. The van der Waals surface area contributed by atoms with E-state index in [1.165, 1.54) is 183 Å². The normalized spacial score (nSPS) is 14.2. The molecule has 1 aliphatic heterocycles. The average molecular weight is 2290 g/mol. The number of rotatable bonds is 54. The first-order chi connectivity index (χ1) is 67.1. The summed E-state index contributed by atoms with van der Waals surface area (Å²) < 4.78 is 12.4. The van der Waals surface area contributed by atoms with Crippen LogP contribution in [0.15, 0.2) is 99.5 Å². The second-order valence-electron chi connectivity index (χ2n) is 45.6. The molecule has 2 fully saturated rings. The maximum atomic E-state index is 11.7. The zero-order chi connectivity index (χ0) is 111. The molecule has 6 rings (SSSR count). The van der Waals surface area contributed by atoms with Crippen LogP contribution in [0.5, 0.6) is 5.75 Å². The molecule has 1 aliphatic carbocycles. The van der Waals surface area contributed by atoms with Crippen LogP contribution in [0.1, 0.15) is 495 Å². The molecular weight excluding hydrogens is 2050 g/mol. The fraction of sp³-hybridized carbons (Fsp3) is 0.813. The Labute approximate surface area is 960 Å². The summed E-state index contributed by atoms with van der Waals surface area (Å²) in [7, 11) is 31.9. The van der Waals surface area contributed by atoms with Gasteiger partial charge in [0.2, 0.25) is 5.91 Å². The molecule has 2 heterocycles. The number of benzene rings is 3. The van der Waals surface area contributed by atoms with Crippen LogP contribution < -0.4 is 10.1 Å². The van der Waals surface area contributed by atoms with E-state index in [4.69, 9.17) is 9.15 Å². The van der Waals surface area contributed by atoms with E-state index in [-0.39, 0.29) is 16.7 Å². The largest absolute Gasteiger partial charge is 0.492 e. The molecule has 1 saturated carbocycles. The number of ether oxygens (including phenoxy) is 1. The number of amides is 1. The second kappa shape index (κ2) is 102. The number of carbonyl (C=O) groups is 1. The number of para-hydroxylation sites is 1. The van der Waals surface area contributed by atoms with Gasteiger partial charge in [-0.05, 0) is 230 Å². The van der Waals surface area contributed by atoms with Gasteiger partial charge >= 0.3 is 0 Å². The maximum Gasteiger partial charge on any atom is 0.220 e. The zero-order valence-electron chi connectivity index (χ0n) is 102. The van der Waals surface area contributed by atoms with Crippen molar-refractivity contribution >= 4 is 179 Å². The number of nitrogens with one attached hydrogen (secondary N) is 1. The van der Waals surface area contributed by atoms with Gasteiger partial charge in [-0.3, -0.25) is 4.79 Å².